The van der Waals surface area contributed by atoms with Crippen molar-refractivity contribution in [1.29, 1.82) is 0 Å². The second kappa shape index (κ2) is 7.12. The molecule has 0 unspecified atom stereocenters. The van der Waals surface area contributed by atoms with Gasteiger partial charge in [-0.05, 0) is 24.8 Å². The van der Waals surface area contributed by atoms with E-state index in [1.165, 1.54) is 17.0 Å². The summed E-state index contributed by atoms with van der Waals surface area (Å²) in [5, 5.41) is 4.62. The number of halogens is 1. The highest BCUT2D eigenvalue weighted by Crippen LogP contribution is 2.38. The van der Waals surface area contributed by atoms with Crippen molar-refractivity contribution in [3.05, 3.63) is 56.4 Å². The van der Waals surface area contributed by atoms with Crippen LogP contribution in [0, 0.1) is 0 Å². The van der Waals surface area contributed by atoms with E-state index in [4.69, 9.17) is 11.6 Å². The van der Waals surface area contributed by atoms with E-state index in [0.717, 1.165) is 34.5 Å². The molecule has 0 saturated carbocycles. The van der Waals surface area contributed by atoms with Crippen LogP contribution in [-0.2, 0) is 0 Å². The zero-order valence-electron chi connectivity index (χ0n) is 13.1. The minimum Gasteiger partial charge on any atom is -0.339 e. The molecule has 0 saturated heterocycles. The van der Waals surface area contributed by atoms with Crippen LogP contribution in [0.3, 0.4) is 0 Å². The van der Waals surface area contributed by atoms with Crippen molar-refractivity contribution in [3.63, 3.8) is 0 Å². The van der Waals surface area contributed by atoms with Gasteiger partial charge in [0.2, 0.25) is 0 Å². The van der Waals surface area contributed by atoms with Crippen LogP contribution in [0.15, 0.2) is 46.5 Å². The van der Waals surface area contributed by atoms with Gasteiger partial charge in [0, 0.05) is 28.4 Å². The fourth-order valence-electron chi connectivity index (χ4n) is 2.51. The number of nitrogens with zero attached hydrogens (tertiary/aromatic N) is 1. The first-order valence-corrected chi connectivity index (χ1v) is 9.73. The average Bonchev–Trinajstić information content (AvgIpc) is 3.07. The van der Waals surface area contributed by atoms with Crippen molar-refractivity contribution in [3.8, 4) is 0 Å². The van der Waals surface area contributed by atoms with Gasteiger partial charge in [0.25, 0.3) is 0 Å². The number of fused-ring (bicyclic) bond motifs is 1. The topological polar surface area (TPSA) is 20.3 Å². The summed E-state index contributed by atoms with van der Waals surface area (Å²) < 4.78 is 1.05. The SMILES string of the molecule is CCCCN1C(C)=CS/C1=C\C(=O)c1sc2ccccc2c1Cl. The standard InChI is InChI=1S/C18H18ClNOS2/c1-3-4-9-20-12(2)11-22-16(20)10-14(21)18-17(19)13-7-5-6-8-15(13)23-18/h5-8,10-11H,3-4,9H2,1-2H3/b16-10-. The van der Waals surface area contributed by atoms with Gasteiger partial charge in [-0.1, -0.05) is 54.9 Å². The van der Waals surface area contributed by atoms with Crippen LogP contribution in [0.1, 0.15) is 36.4 Å². The number of carbonyl (C=O) groups is 1. The number of hydrogen-bond acceptors (Lipinski definition) is 4. The first kappa shape index (κ1) is 16.6. The summed E-state index contributed by atoms with van der Waals surface area (Å²) in [4.78, 5) is 15.5. The molecule has 2 heterocycles. The molecule has 2 nitrogen and oxygen atoms in total. The monoisotopic (exact) mass is 363 g/mol. The molecular formula is C18H18ClNOS2. The van der Waals surface area contributed by atoms with Crippen LogP contribution in [-0.4, -0.2) is 17.2 Å². The molecule has 2 aromatic rings. The van der Waals surface area contributed by atoms with E-state index >= 15 is 0 Å². The minimum absolute atomic E-state index is 0.0108. The predicted octanol–water partition coefficient (Wildman–Crippen LogP) is 6.29. The van der Waals surface area contributed by atoms with Crippen molar-refractivity contribution in [1.82, 2.24) is 4.90 Å². The van der Waals surface area contributed by atoms with Gasteiger partial charge in [0.1, 0.15) is 0 Å². The Morgan fingerprint density at radius 2 is 2.13 bits per heavy atom. The summed E-state index contributed by atoms with van der Waals surface area (Å²) in [7, 11) is 0. The molecule has 0 N–H and O–H groups in total. The van der Waals surface area contributed by atoms with Crippen LogP contribution in [0.2, 0.25) is 5.02 Å². The highest BCUT2D eigenvalue weighted by Gasteiger charge is 2.21. The lowest BCUT2D eigenvalue weighted by Crippen LogP contribution is -2.18. The molecule has 1 aliphatic rings. The second-order valence-electron chi connectivity index (χ2n) is 5.47. The molecule has 120 valence electrons. The molecule has 0 atom stereocenters. The fourth-order valence-corrected chi connectivity index (χ4v) is 4.90. The Bertz CT molecular complexity index is 806. The lowest BCUT2D eigenvalue weighted by molar-refractivity contribution is 0.104. The lowest BCUT2D eigenvalue weighted by atomic mass is 10.2. The number of thioether (sulfide) groups is 1. The molecule has 0 amide bonds. The number of unbranched alkanes of at least 4 members (excludes halogenated alkanes) is 1. The fraction of sp³-hybridized carbons (Fsp3) is 0.278. The van der Waals surface area contributed by atoms with Gasteiger partial charge >= 0.3 is 0 Å². The van der Waals surface area contributed by atoms with Crippen molar-refractivity contribution in [2.24, 2.45) is 0 Å². The van der Waals surface area contributed by atoms with E-state index in [9.17, 15) is 4.79 Å². The smallest absolute Gasteiger partial charge is 0.199 e. The Balaban J connectivity index is 1.89. The van der Waals surface area contributed by atoms with E-state index < -0.39 is 0 Å². The molecule has 0 bridgehead atoms. The molecular weight excluding hydrogens is 346 g/mol. The Kier molecular flexibility index (Phi) is 5.14. The van der Waals surface area contributed by atoms with Crippen molar-refractivity contribution < 1.29 is 4.79 Å². The number of ketones is 1. The number of hydrogen-bond donors (Lipinski definition) is 0. The highest BCUT2D eigenvalue weighted by molar-refractivity contribution is 8.06. The summed E-state index contributed by atoms with van der Waals surface area (Å²) >= 11 is 9.49. The third-order valence-corrected chi connectivity index (χ3v) is 6.52. The summed E-state index contributed by atoms with van der Waals surface area (Å²) in [5.41, 5.74) is 1.20. The second-order valence-corrected chi connectivity index (χ2v) is 7.79. The molecule has 23 heavy (non-hydrogen) atoms. The number of allylic oxidation sites excluding steroid dienone is 2. The Labute approximate surface area is 149 Å². The summed E-state index contributed by atoms with van der Waals surface area (Å²) in [5.74, 6) is -0.0108. The molecule has 1 aromatic carbocycles. The normalized spacial score (nSPS) is 16.4. The molecule has 3 rings (SSSR count). The maximum absolute atomic E-state index is 12.7. The van der Waals surface area contributed by atoms with E-state index in [2.05, 4.69) is 24.2 Å². The largest absolute Gasteiger partial charge is 0.339 e. The molecule has 0 fully saturated rings. The number of carbonyl (C=O) groups excluding carboxylic acids is 1. The van der Waals surface area contributed by atoms with E-state index in [-0.39, 0.29) is 5.78 Å². The lowest BCUT2D eigenvalue weighted by Gasteiger charge is -2.20. The van der Waals surface area contributed by atoms with Crippen molar-refractivity contribution >= 4 is 50.6 Å². The van der Waals surface area contributed by atoms with Gasteiger partial charge in [-0.25, -0.2) is 0 Å². The van der Waals surface area contributed by atoms with Gasteiger partial charge < -0.3 is 4.90 Å². The maximum atomic E-state index is 12.7. The highest BCUT2D eigenvalue weighted by atomic mass is 35.5. The van der Waals surface area contributed by atoms with Crippen LogP contribution in [0.25, 0.3) is 10.1 Å². The van der Waals surface area contributed by atoms with Crippen LogP contribution >= 0.6 is 34.7 Å². The number of thiophene rings is 1. The molecule has 1 aromatic heterocycles. The molecule has 0 radical (unpaired) electrons. The number of rotatable bonds is 5. The molecule has 5 heteroatoms. The van der Waals surface area contributed by atoms with Gasteiger partial charge in [-0.15, -0.1) is 11.3 Å². The van der Waals surface area contributed by atoms with Gasteiger partial charge in [0.15, 0.2) is 5.78 Å². The zero-order chi connectivity index (χ0) is 16.4. The Hall–Kier alpha value is -1.23. The summed E-state index contributed by atoms with van der Waals surface area (Å²) in [6.45, 7) is 5.21. The van der Waals surface area contributed by atoms with E-state index in [1.54, 1.807) is 17.8 Å². The minimum atomic E-state index is -0.0108. The summed E-state index contributed by atoms with van der Waals surface area (Å²) in [6.07, 6.45) is 3.97. The third-order valence-electron chi connectivity index (χ3n) is 3.79. The van der Waals surface area contributed by atoms with Crippen LogP contribution in [0.4, 0.5) is 0 Å². The van der Waals surface area contributed by atoms with E-state index in [0.29, 0.717) is 9.90 Å². The molecule has 0 spiro atoms. The van der Waals surface area contributed by atoms with Crippen LogP contribution in [0.5, 0.6) is 0 Å². The van der Waals surface area contributed by atoms with Crippen LogP contribution < -0.4 is 0 Å². The maximum Gasteiger partial charge on any atom is 0.199 e. The average molecular weight is 364 g/mol. The first-order valence-electron chi connectivity index (χ1n) is 7.66. The predicted molar refractivity (Wildman–Crippen MR) is 102 cm³/mol. The number of benzene rings is 1. The van der Waals surface area contributed by atoms with Crippen molar-refractivity contribution in [2.45, 2.75) is 26.7 Å². The van der Waals surface area contributed by atoms with Gasteiger partial charge in [0.05, 0.1) is 14.9 Å². The van der Waals surface area contributed by atoms with Crippen molar-refractivity contribution in [2.75, 3.05) is 6.54 Å². The Morgan fingerprint density at radius 1 is 1.35 bits per heavy atom. The Morgan fingerprint density at radius 3 is 2.87 bits per heavy atom. The van der Waals surface area contributed by atoms with Gasteiger partial charge in [-0.3, -0.25) is 4.79 Å². The molecule has 0 aliphatic carbocycles. The third kappa shape index (κ3) is 3.35. The zero-order valence-corrected chi connectivity index (χ0v) is 15.5. The van der Waals surface area contributed by atoms with E-state index in [1.807, 2.05) is 24.3 Å². The quantitative estimate of drug-likeness (QED) is 0.460. The summed E-state index contributed by atoms with van der Waals surface area (Å²) in [6, 6.07) is 7.87. The first-order chi connectivity index (χ1) is 11.1. The van der Waals surface area contributed by atoms with Gasteiger partial charge in [-0.2, -0.15) is 0 Å². The molecule has 1 aliphatic heterocycles.